The summed E-state index contributed by atoms with van der Waals surface area (Å²) in [6.07, 6.45) is 7.40. The molecule has 0 saturated carbocycles. The van der Waals surface area contributed by atoms with Crippen molar-refractivity contribution in [2.45, 2.75) is 6.42 Å². The molecule has 1 aromatic rings. The van der Waals surface area contributed by atoms with E-state index < -0.39 is 0 Å². The Morgan fingerprint density at radius 2 is 2.44 bits per heavy atom. The van der Waals surface area contributed by atoms with Crippen LogP contribution in [0, 0.1) is 12.3 Å². The summed E-state index contributed by atoms with van der Waals surface area (Å²) in [7, 11) is 3.23. The summed E-state index contributed by atoms with van der Waals surface area (Å²) in [6, 6.07) is 3.30. The number of aromatic nitrogens is 1. The molecule has 4 nitrogen and oxygen atoms in total. The molecule has 0 spiro atoms. The number of hydrogen-bond donors (Lipinski definition) is 0. The maximum Gasteiger partial charge on any atom is 0.338 e. The Morgan fingerprint density at radius 1 is 1.69 bits per heavy atom. The standard InChI is InChI=1S/C12H14N2O2/c1-4-5-8-14(2)11-9-10(6-7-13-11)12(15)16-3/h1,6-7,9H,5,8H2,2-3H3. The van der Waals surface area contributed by atoms with Gasteiger partial charge in [-0.1, -0.05) is 0 Å². The second-order valence-electron chi connectivity index (χ2n) is 3.27. The van der Waals surface area contributed by atoms with Crippen molar-refractivity contribution >= 4 is 11.8 Å². The van der Waals surface area contributed by atoms with Gasteiger partial charge in [-0.25, -0.2) is 9.78 Å². The number of hydrogen-bond acceptors (Lipinski definition) is 4. The first-order valence-corrected chi connectivity index (χ1v) is 4.88. The molecule has 0 unspecified atom stereocenters. The van der Waals surface area contributed by atoms with Crippen LogP contribution in [0.25, 0.3) is 0 Å². The van der Waals surface area contributed by atoms with Crippen LogP contribution in [0.4, 0.5) is 5.82 Å². The van der Waals surface area contributed by atoms with Crippen LogP contribution in [0.3, 0.4) is 0 Å². The van der Waals surface area contributed by atoms with Crippen LogP contribution in [0.1, 0.15) is 16.8 Å². The summed E-state index contributed by atoms with van der Waals surface area (Å²) in [4.78, 5) is 17.4. The lowest BCUT2D eigenvalue weighted by molar-refractivity contribution is 0.0600. The van der Waals surface area contributed by atoms with Crippen LogP contribution in [0.5, 0.6) is 0 Å². The third kappa shape index (κ3) is 2.99. The first-order chi connectivity index (χ1) is 7.69. The van der Waals surface area contributed by atoms with Gasteiger partial charge in [0.25, 0.3) is 0 Å². The van der Waals surface area contributed by atoms with Gasteiger partial charge in [-0.05, 0) is 12.1 Å². The zero-order valence-corrected chi connectivity index (χ0v) is 9.43. The lowest BCUT2D eigenvalue weighted by Gasteiger charge is -2.16. The first-order valence-electron chi connectivity index (χ1n) is 4.88. The summed E-state index contributed by atoms with van der Waals surface area (Å²) in [5.74, 6) is 2.90. The van der Waals surface area contributed by atoms with Crippen molar-refractivity contribution in [1.82, 2.24) is 4.98 Å². The van der Waals surface area contributed by atoms with Crippen LogP contribution in [-0.2, 0) is 4.74 Å². The highest BCUT2D eigenvalue weighted by Crippen LogP contribution is 2.11. The van der Waals surface area contributed by atoms with Gasteiger partial charge in [-0.15, -0.1) is 12.3 Å². The van der Waals surface area contributed by atoms with Crippen molar-refractivity contribution in [2.75, 3.05) is 25.6 Å². The molecule has 4 heteroatoms. The summed E-state index contributed by atoms with van der Waals surface area (Å²) < 4.78 is 4.63. The maximum absolute atomic E-state index is 11.3. The molecule has 1 heterocycles. The van der Waals surface area contributed by atoms with Crippen molar-refractivity contribution < 1.29 is 9.53 Å². The van der Waals surface area contributed by atoms with Crippen LogP contribution < -0.4 is 4.90 Å². The van der Waals surface area contributed by atoms with E-state index in [1.165, 1.54) is 7.11 Å². The van der Waals surface area contributed by atoms with E-state index in [2.05, 4.69) is 15.6 Å². The first kappa shape index (κ1) is 12.1. The quantitative estimate of drug-likeness (QED) is 0.565. The molecule has 1 rings (SSSR count). The predicted octanol–water partition coefficient (Wildman–Crippen LogP) is 1.33. The number of methoxy groups -OCH3 is 1. The van der Waals surface area contributed by atoms with E-state index in [-0.39, 0.29) is 5.97 Å². The van der Waals surface area contributed by atoms with E-state index in [1.807, 2.05) is 11.9 Å². The number of carbonyl (C=O) groups excluding carboxylic acids is 1. The van der Waals surface area contributed by atoms with Crippen LogP contribution in [-0.4, -0.2) is 31.7 Å². The highest BCUT2D eigenvalue weighted by molar-refractivity contribution is 5.90. The number of esters is 1. The predicted molar refractivity (Wildman–Crippen MR) is 62.3 cm³/mol. The topological polar surface area (TPSA) is 42.4 Å². The van der Waals surface area contributed by atoms with Gasteiger partial charge < -0.3 is 9.64 Å². The molecular weight excluding hydrogens is 204 g/mol. The van der Waals surface area contributed by atoms with Crippen LogP contribution in [0.2, 0.25) is 0 Å². The molecular formula is C12H14N2O2. The minimum Gasteiger partial charge on any atom is -0.465 e. The molecule has 0 atom stereocenters. The van der Waals surface area contributed by atoms with Gasteiger partial charge in [0.2, 0.25) is 0 Å². The SMILES string of the molecule is C#CCCN(C)c1cc(C(=O)OC)ccn1. The van der Waals surface area contributed by atoms with E-state index in [0.29, 0.717) is 24.3 Å². The van der Waals surface area contributed by atoms with Gasteiger partial charge in [-0.2, -0.15) is 0 Å². The molecule has 16 heavy (non-hydrogen) atoms. The second-order valence-corrected chi connectivity index (χ2v) is 3.27. The van der Waals surface area contributed by atoms with Crippen molar-refractivity contribution in [3.05, 3.63) is 23.9 Å². The van der Waals surface area contributed by atoms with E-state index in [1.54, 1.807) is 18.3 Å². The average molecular weight is 218 g/mol. The molecule has 0 aromatic carbocycles. The summed E-state index contributed by atoms with van der Waals surface area (Å²) >= 11 is 0. The van der Waals surface area contributed by atoms with Gasteiger partial charge in [0.05, 0.1) is 12.7 Å². The number of nitrogens with zero attached hydrogens (tertiary/aromatic N) is 2. The minimum atomic E-state index is -0.367. The zero-order chi connectivity index (χ0) is 12.0. The molecule has 0 aliphatic rings. The third-order valence-electron chi connectivity index (χ3n) is 2.15. The van der Waals surface area contributed by atoms with Crippen LogP contribution >= 0.6 is 0 Å². The van der Waals surface area contributed by atoms with Gasteiger partial charge in [0.15, 0.2) is 0 Å². The largest absolute Gasteiger partial charge is 0.465 e. The minimum absolute atomic E-state index is 0.367. The average Bonchev–Trinajstić information content (AvgIpc) is 2.35. The number of terminal acetylenes is 1. The monoisotopic (exact) mass is 218 g/mol. The van der Waals surface area contributed by atoms with Crippen molar-refractivity contribution in [2.24, 2.45) is 0 Å². The summed E-state index contributed by atoms with van der Waals surface area (Å²) in [5.41, 5.74) is 0.486. The second kappa shape index (κ2) is 5.76. The van der Waals surface area contributed by atoms with Gasteiger partial charge in [-0.3, -0.25) is 0 Å². The molecule has 84 valence electrons. The number of anilines is 1. The fraction of sp³-hybridized carbons (Fsp3) is 0.333. The van der Waals surface area contributed by atoms with Gasteiger partial charge in [0.1, 0.15) is 5.82 Å². The van der Waals surface area contributed by atoms with Crippen molar-refractivity contribution in [3.8, 4) is 12.3 Å². The molecule has 0 bridgehead atoms. The van der Waals surface area contributed by atoms with Crippen LogP contribution in [0.15, 0.2) is 18.3 Å². The van der Waals surface area contributed by atoms with E-state index in [0.717, 1.165) is 0 Å². The smallest absolute Gasteiger partial charge is 0.338 e. The summed E-state index contributed by atoms with van der Waals surface area (Å²) in [5, 5.41) is 0. The highest BCUT2D eigenvalue weighted by atomic mass is 16.5. The Kier molecular flexibility index (Phi) is 4.34. The van der Waals surface area contributed by atoms with E-state index >= 15 is 0 Å². The Balaban J connectivity index is 2.82. The molecule has 0 saturated heterocycles. The fourth-order valence-electron chi connectivity index (χ4n) is 1.22. The Bertz CT molecular complexity index is 410. The van der Waals surface area contributed by atoms with E-state index in [9.17, 15) is 4.79 Å². The lowest BCUT2D eigenvalue weighted by Crippen LogP contribution is -2.19. The number of carbonyl (C=O) groups is 1. The van der Waals surface area contributed by atoms with Gasteiger partial charge >= 0.3 is 5.97 Å². The molecule has 0 aliphatic heterocycles. The highest BCUT2D eigenvalue weighted by Gasteiger charge is 2.08. The lowest BCUT2D eigenvalue weighted by atomic mass is 10.2. The number of ether oxygens (including phenoxy) is 1. The van der Waals surface area contributed by atoms with Crippen molar-refractivity contribution in [3.63, 3.8) is 0 Å². The number of pyridine rings is 1. The molecule has 0 radical (unpaired) electrons. The third-order valence-corrected chi connectivity index (χ3v) is 2.15. The normalized spacial score (nSPS) is 9.31. The van der Waals surface area contributed by atoms with E-state index in [4.69, 9.17) is 6.42 Å². The fourth-order valence-corrected chi connectivity index (χ4v) is 1.22. The zero-order valence-electron chi connectivity index (χ0n) is 9.43. The number of rotatable bonds is 4. The molecule has 0 fully saturated rings. The molecule has 0 N–H and O–H groups in total. The van der Waals surface area contributed by atoms with Gasteiger partial charge in [0, 0.05) is 26.2 Å². The molecule has 0 aliphatic carbocycles. The Morgan fingerprint density at radius 3 is 3.06 bits per heavy atom. The maximum atomic E-state index is 11.3. The molecule has 1 aromatic heterocycles. The Hall–Kier alpha value is -2.02. The van der Waals surface area contributed by atoms with Crippen molar-refractivity contribution in [1.29, 1.82) is 0 Å². The molecule has 0 amide bonds. The Labute approximate surface area is 95.2 Å². The summed E-state index contributed by atoms with van der Waals surface area (Å²) in [6.45, 7) is 0.703.